The molecule has 4 aromatic rings. The SMILES string of the molecule is Cc1c(C(=O)N(Cc2cccnc2)Cc2ccco2)oc2c(Cl)cccc12. The molecule has 0 radical (unpaired) electrons. The first-order chi connectivity index (χ1) is 13.1. The zero-order chi connectivity index (χ0) is 18.8. The average molecular weight is 381 g/mol. The van der Waals surface area contributed by atoms with E-state index in [0.29, 0.717) is 29.5 Å². The first kappa shape index (κ1) is 17.4. The van der Waals surface area contributed by atoms with Crippen LogP contribution in [0.2, 0.25) is 5.02 Å². The van der Waals surface area contributed by atoms with Crippen LogP contribution in [0.15, 0.2) is 70.0 Å². The van der Waals surface area contributed by atoms with Crippen molar-refractivity contribution in [3.63, 3.8) is 0 Å². The van der Waals surface area contributed by atoms with E-state index >= 15 is 0 Å². The van der Waals surface area contributed by atoms with Gasteiger partial charge in [-0.2, -0.15) is 0 Å². The van der Waals surface area contributed by atoms with Gasteiger partial charge in [0.2, 0.25) is 0 Å². The minimum Gasteiger partial charge on any atom is -0.467 e. The number of halogens is 1. The summed E-state index contributed by atoms with van der Waals surface area (Å²) < 4.78 is 11.3. The summed E-state index contributed by atoms with van der Waals surface area (Å²) in [6.07, 6.45) is 5.03. The summed E-state index contributed by atoms with van der Waals surface area (Å²) >= 11 is 6.23. The van der Waals surface area contributed by atoms with Gasteiger partial charge in [-0.1, -0.05) is 29.8 Å². The fourth-order valence-corrected chi connectivity index (χ4v) is 3.27. The number of hydrogen-bond donors (Lipinski definition) is 0. The molecule has 5 nitrogen and oxygen atoms in total. The van der Waals surface area contributed by atoms with Crippen LogP contribution >= 0.6 is 11.6 Å². The molecule has 0 unspecified atom stereocenters. The van der Waals surface area contributed by atoms with Crippen LogP contribution in [0.5, 0.6) is 0 Å². The summed E-state index contributed by atoms with van der Waals surface area (Å²) in [5, 5.41) is 1.32. The Morgan fingerprint density at radius 1 is 1.15 bits per heavy atom. The standard InChI is InChI=1S/C21H17ClN2O3/c1-14-17-7-2-8-18(22)20(17)27-19(14)21(25)24(13-16-6-4-10-26-16)12-15-5-3-9-23-11-15/h2-11H,12-13H2,1H3. The lowest BCUT2D eigenvalue weighted by Crippen LogP contribution is -2.30. The summed E-state index contributed by atoms with van der Waals surface area (Å²) in [6, 6.07) is 12.9. The smallest absolute Gasteiger partial charge is 0.290 e. The first-order valence-corrected chi connectivity index (χ1v) is 8.89. The molecular weight excluding hydrogens is 364 g/mol. The largest absolute Gasteiger partial charge is 0.467 e. The summed E-state index contributed by atoms with van der Waals surface area (Å²) in [4.78, 5) is 19.1. The third-order valence-corrected chi connectivity index (χ3v) is 4.72. The van der Waals surface area contributed by atoms with Crippen molar-refractivity contribution in [2.45, 2.75) is 20.0 Å². The van der Waals surface area contributed by atoms with Crippen LogP contribution in [0.4, 0.5) is 0 Å². The molecule has 0 spiro atoms. The molecule has 0 fully saturated rings. The molecule has 0 atom stereocenters. The Hall–Kier alpha value is -3.05. The number of benzene rings is 1. The third kappa shape index (κ3) is 3.46. The third-order valence-electron chi connectivity index (χ3n) is 4.42. The van der Waals surface area contributed by atoms with Crippen LogP contribution < -0.4 is 0 Å². The van der Waals surface area contributed by atoms with Gasteiger partial charge in [0.05, 0.1) is 17.8 Å². The van der Waals surface area contributed by atoms with Crippen molar-refractivity contribution in [2.75, 3.05) is 0 Å². The molecule has 1 aromatic carbocycles. The van der Waals surface area contributed by atoms with Gasteiger partial charge in [0.1, 0.15) is 5.76 Å². The molecule has 27 heavy (non-hydrogen) atoms. The Bertz CT molecular complexity index is 1070. The molecule has 0 N–H and O–H groups in total. The number of aromatic nitrogens is 1. The molecule has 0 saturated carbocycles. The van der Waals surface area contributed by atoms with Gasteiger partial charge in [0, 0.05) is 29.9 Å². The van der Waals surface area contributed by atoms with Gasteiger partial charge in [-0.3, -0.25) is 9.78 Å². The van der Waals surface area contributed by atoms with E-state index in [1.54, 1.807) is 35.7 Å². The molecule has 0 saturated heterocycles. The summed E-state index contributed by atoms with van der Waals surface area (Å²) in [6.45, 7) is 2.58. The monoisotopic (exact) mass is 380 g/mol. The predicted octanol–water partition coefficient (Wildman–Crippen LogP) is 5.23. The fraction of sp³-hybridized carbons (Fsp3) is 0.143. The van der Waals surface area contributed by atoms with E-state index in [9.17, 15) is 4.79 Å². The maximum absolute atomic E-state index is 13.3. The zero-order valence-corrected chi connectivity index (χ0v) is 15.4. The number of aryl methyl sites for hydroxylation is 1. The van der Waals surface area contributed by atoms with Crippen LogP contribution in [0.1, 0.15) is 27.4 Å². The van der Waals surface area contributed by atoms with Gasteiger partial charge in [0.15, 0.2) is 11.3 Å². The second-order valence-electron chi connectivity index (χ2n) is 6.27. The highest BCUT2D eigenvalue weighted by Crippen LogP contribution is 2.31. The van der Waals surface area contributed by atoms with Gasteiger partial charge < -0.3 is 13.7 Å². The van der Waals surface area contributed by atoms with E-state index in [2.05, 4.69) is 4.98 Å². The van der Waals surface area contributed by atoms with E-state index in [1.165, 1.54) is 0 Å². The van der Waals surface area contributed by atoms with Crippen molar-refractivity contribution in [3.8, 4) is 0 Å². The Morgan fingerprint density at radius 2 is 2.04 bits per heavy atom. The minimum absolute atomic E-state index is 0.222. The second-order valence-corrected chi connectivity index (χ2v) is 6.68. The van der Waals surface area contributed by atoms with Gasteiger partial charge >= 0.3 is 0 Å². The Morgan fingerprint density at radius 3 is 2.74 bits per heavy atom. The Labute approximate surface area is 161 Å². The molecule has 0 aliphatic heterocycles. The van der Waals surface area contributed by atoms with Crippen molar-refractivity contribution in [1.82, 2.24) is 9.88 Å². The number of carbonyl (C=O) groups excluding carboxylic acids is 1. The topological polar surface area (TPSA) is 59.5 Å². The van der Waals surface area contributed by atoms with E-state index in [1.807, 2.05) is 37.3 Å². The van der Waals surface area contributed by atoms with Crippen molar-refractivity contribution in [1.29, 1.82) is 0 Å². The molecule has 0 bridgehead atoms. The maximum atomic E-state index is 13.3. The lowest BCUT2D eigenvalue weighted by molar-refractivity contribution is 0.0686. The Balaban J connectivity index is 1.71. The number of para-hydroxylation sites is 1. The van der Waals surface area contributed by atoms with Crippen LogP contribution in [0.3, 0.4) is 0 Å². The molecule has 0 aliphatic rings. The van der Waals surface area contributed by atoms with Crippen LogP contribution in [-0.2, 0) is 13.1 Å². The zero-order valence-electron chi connectivity index (χ0n) is 14.7. The fourth-order valence-electron chi connectivity index (χ4n) is 3.06. The highest BCUT2D eigenvalue weighted by Gasteiger charge is 2.25. The minimum atomic E-state index is -0.222. The highest BCUT2D eigenvalue weighted by atomic mass is 35.5. The van der Waals surface area contributed by atoms with Crippen molar-refractivity contribution in [3.05, 3.63) is 88.8 Å². The quantitative estimate of drug-likeness (QED) is 0.476. The number of amides is 1. The molecular formula is C21H17ClN2O3. The van der Waals surface area contributed by atoms with Gasteiger partial charge in [0.25, 0.3) is 5.91 Å². The lowest BCUT2D eigenvalue weighted by atomic mass is 10.1. The van der Waals surface area contributed by atoms with Crippen molar-refractivity contribution >= 4 is 28.5 Å². The number of rotatable bonds is 5. The van der Waals surface area contributed by atoms with Crippen LogP contribution in [-0.4, -0.2) is 15.8 Å². The highest BCUT2D eigenvalue weighted by molar-refractivity contribution is 6.35. The van der Waals surface area contributed by atoms with Gasteiger partial charge in [-0.15, -0.1) is 0 Å². The van der Waals surface area contributed by atoms with E-state index in [4.69, 9.17) is 20.4 Å². The number of pyridine rings is 1. The molecule has 1 amide bonds. The Kier molecular flexibility index (Phi) is 4.69. The molecule has 136 valence electrons. The van der Waals surface area contributed by atoms with E-state index in [0.717, 1.165) is 16.5 Å². The number of fused-ring (bicyclic) bond motifs is 1. The summed E-state index contributed by atoms with van der Waals surface area (Å²) in [5.74, 6) is 0.757. The number of carbonyl (C=O) groups is 1. The van der Waals surface area contributed by atoms with Crippen LogP contribution in [0, 0.1) is 6.92 Å². The number of hydrogen-bond acceptors (Lipinski definition) is 4. The molecule has 3 heterocycles. The molecule has 4 rings (SSSR count). The first-order valence-electron chi connectivity index (χ1n) is 8.51. The molecule has 3 aromatic heterocycles. The molecule has 0 aliphatic carbocycles. The lowest BCUT2D eigenvalue weighted by Gasteiger charge is -2.21. The number of furan rings is 2. The van der Waals surface area contributed by atoms with Crippen molar-refractivity contribution in [2.24, 2.45) is 0 Å². The summed E-state index contributed by atoms with van der Waals surface area (Å²) in [7, 11) is 0. The average Bonchev–Trinajstić information content (AvgIpc) is 3.31. The van der Waals surface area contributed by atoms with Gasteiger partial charge in [-0.05, 0) is 36.8 Å². The normalized spacial score (nSPS) is 11.0. The predicted molar refractivity (Wildman–Crippen MR) is 102 cm³/mol. The maximum Gasteiger partial charge on any atom is 0.290 e. The van der Waals surface area contributed by atoms with Crippen molar-refractivity contribution < 1.29 is 13.6 Å². The van der Waals surface area contributed by atoms with E-state index < -0.39 is 0 Å². The number of nitrogens with zero attached hydrogens (tertiary/aromatic N) is 2. The summed E-state index contributed by atoms with van der Waals surface area (Å²) in [5.41, 5.74) is 2.22. The molecule has 6 heteroatoms. The van der Waals surface area contributed by atoms with Gasteiger partial charge in [-0.25, -0.2) is 0 Å². The van der Waals surface area contributed by atoms with Crippen LogP contribution in [0.25, 0.3) is 11.0 Å². The van der Waals surface area contributed by atoms with E-state index in [-0.39, 0.29) is 11.7 Å². The second kappa shape index (κ2) is 7.29.